The Morgan fingerprint density at radius 3 is 2.86 bits per heavy atom. The molecule has 0 spiro atoms. The molecule has 2 aromatic rings. The van der Waals surface area contributed by atoms with E-state index in [0.29, 0.717) is 24.4 Å². The molecule has 21 heavy (non-hydrogen) atoms. The van der Waals surface area contributed by atoms with Crippen LogP contribution in [0.2, 0.25) is 0 Å². The average molecular weight is 288 g/mol. The first-order chi connectivity index (χ1) is 10.1. The molecule has 6 nitrogen and oxygen atoms in total. The van der Waals surface area contributed by atoms with Crippen LogP contribution in [-0.4, -0.2) is 29.8 Å². The topological polar surface area (TPSA) is 89.7 Å². The highest BCUT2D eigenvalue weighted by Crippen LogP contribution is 2.29. The van der Waals surface area contributed by atoms with Gasteiger partial charge in [0, 0.05) is 19.0 Å². The summed E-state index contributed by atoms with van der Waals surface area (Å²) in [7, 11) is 0. The van der Waals surface area contributed by atoms with Crippen molar-refractivity contribution in [2.45, 2.75) is 18.8 Å². The van der Waals surface area contributed by atoms with Crippen molar-refractivity contribution in [2.24, 2.45) is 5.73 Å². The van der Waals surface area contributed by atoms with Gasteiger partial charge in [0.25, 0.3) is 5.91 Å². The quantitative estimate of drug-likeness (QED) is 0.923. The molecule has 1 saturated heterocycles. The van der Waals surface area contributed by atoms with Crippen molar-refractivity contribution < 1.29 is 18.4 Å². The smallest absolute Gasteiger partial charge is 0.257 e. The Hall–Kier alpha value is -2.50. The molecule has 2 amide bonds. The fourth-order valence-corrected chi connectivity index (χ4v) is 2.70. The molecular formula is C15H16N2O4. The van der Waals surface area contributed by atoms with Crippen LogP contribution >= 0.6 is 0 Å². The molecule has 0 radical (unpaired) electrons. The van der Waals surface area contributed by atoms with E-state index in [4.69, 9.17) is 14.6 Å². The van der Waals surface area contributed by atoms with Crippen molar-refractivity contribution in [3.63, 3.8) is 0 Å². The molecule has 1 atom stereocenters. The molecule has 3 rings (SSSR count). The van der Waals surface area contributed by atoms with Gasteiger partial charge in [-0.05, 0) is 24.6 Å². The van der Waals surface area contributed by atoms with Gasteiger partial charge in [-0.3, -0.25) is 9.59 Å². The van der Waals surface area contributed by atoms with Crippen LogP contribution in [0.15, 0.2) is 39.6 Å². The predicted molar refractivity (Wildman–Crippen MR) is 73.6 cm³/mol. The van der Waals surface area contributed by atoms with Gasteiger partial charge in [0.1, 0.15) is 11.5 Å². The summed E-state index contributed by atoms with van der Waals surface area (Å²) in [5.74, 6) is 0.794. The summed E-state index contributed by atoms with van der Waals surface area (Å²) >= 11 is 0. The predicted octanol–water partition coefficient (Wildman–Crippen LogP) is 1.53. The maximum Gasteiger partial charge on any atom is 0.257 e. The van der Waals surface area contributed by atoms with Crippen LogP contribution in [0, 0.1) is 0 Å². The Morgan fingerprint density at radius 1 is 1.29 bits per heavy atom. The number of amides is 2. The van der Waals surface area contributed by atoms with Gasteiger partial charge in [0.15, 0.2) is 0 Å². The third-order valence-electron chi connectivity index (χ3n) is 3.73. The minimum atomic E-state index is -0.520. The maximum absolute atomic E-state index is 12.5. The van der Waals surface area contributed by atoms with Crippen molar-refractivity contribution in [1.82, 2.24) is 4.90 Å². The minimum absolute atomic E-state index is 0.0659. The molecule has 0 saturated carbocycles. The zero-order valence-corrected chi connectivity index (χ0v) is 11.5. The standard InChI is InChI=1S/C15H16N2O4/c16-14(18)8-13-11(4-7-21-13)15(19)17-5-3-10(9-17)12-2-1-6-20-12/h1-2,4,6-7,10H,3,5,8-9H2,(H2,16,18). The van der Waals surface area contributed by atoms with Crippen LogP contribution < -0.4 is 5.73 Å². The van der Waals surface area contributed by atoms with E-state index in [9.17, 15) is 9.59 Å². The largest absolute Gasteiger partial charge is 0.469 e. The van der Waals surface area contributed by atoms with E-state index >= 15 is 0 Å². The first kappa shape index (κ1) is 13.5. The van der Waals surface area contributed by atoms with Gasteiger partial charge in [-0.25, -0.2) is 0 Å². The van der Waals surface area contributed by atoms with Crippen LogP contribution in [0.4, 0.5) is 0 Å². The first-order valence-corrected chi connectivity index (χ1v) is 6.82. The van der Waals surface area contributed by atoms with Crippen molar-refractivity contribution in [3.05, 3.63) is 47.8 Å². The number of carbonyl (C=O) groups excluding carboxylic acids is 2. The minimum Gasteiger partial charge on any atom is -0.469 e. The molecule has 1 aliphatic rings. The zero-order chi connectivity index (χ0) is 14.8. The van der Waals surface area contributed by atoms with Crippen molar-refractivity contribution in [2.75, 3.05) is 13.1 Å². The fraction of sp³-hybridized carbons (Fsp3) is 0.333. The second-order valence-corrected chi connectivity index (χ2v) is 5.15. The molecule has 0 bridgehead atoms. The lowest BCUT2D eigenvalue weighted by atomic mass is 10.1. The monoisotopic (exact) mass is 288 g/mol. The van der Waals surface area contributed by atoms with Gasteiger partial charge in [0.05, 0.1) is 24.5 Å². The van der Waals surface area contributed by atoms with E-state index in [1.54, 1.807) is 17.2 Å². The Kier molecular flexibility index (Phi) is 3.51. The lowest BCUT2D eigenvalue weighted by Gasteiger charge is -2.15. The maximum atomic E-state index is 12.5. The second kappa shape index (κ2) is 5.47. The van der Waals surface area contributed by atoms with Gasteiger partial charge in [0.2, 0.25) is 5.91 Å². The van der Waals surface area contributed by atoms with Crippen LogP contribution in [0.25, 0.3) is 0 Å². The van der Waals surface area contributed by atoms with E-state index < -0.39 is 5.91 Å². The molecule has 1 unspecified atom stereocenters. The fourth-order valence-electron chi connectivity index (χ4n) is 2.70. The summed E-state index contributed by atoms with van der Waals surface area (Å²) in [6.07, 6.45) is 3.85. The number of rotatable bonds is 4. The highest BCUT2D eigenvalue weighted by molar-refractivity contribution is 5.96. The second-order valence-electron chi connectivity index (χ2n) is 5.15. The third kappa shape index (κ3) is 2.69. The van der Waals surface area contributed by atoms with Gasteiger partial charge in [-0.1, -0.05) is 0 Å². The molecule has 0 aromatic carbocycles. The van der Waals surface area contributed by atoms with Crippen molar-refractivity contribution in [3.8, 4) is 0 Å². The molecule has 1 fully saturated rings. The van der Waals surface area contributed by atoms with Crippen molar-refractivity contribution >= 4 is 11.8 Å². The first-order valence-electron chi connectivity index (χ1n) is 6.82. The SMILES string of the molecule is NC(=O)Cc1occc1C(=O)N1CCC(c2ccco2)C1. The number of nitrogens with two attached hydrogens (primary N) is 1. The summed E-state index contributed by atoms with van der Waals surface area (Å²) in [4.78, 5) is 25.3. The number of furan rings is 2. The normalized spacial score (nSPS) is 18.1. The van der Waals surface area contributed by atoms with Gasteiger partial charge in [-0.15, -0.1) is 0 Å². The summed E-state index contributed by atoms with van der Waals surface area (Å²) < 4.78 is 10.6. The number of hydrogen-bond donors (Lipinski definition) is 1. The summed E-state index contributed by atoms with van der Waals surface area (Å²) in [5.41, 5.74) is 5.57. The zero-order valence-electron chi connectivity index (χ0n) is 11.5. The Labute approximate surface area is 121 Å². The van der Waals surface area contributed by atoms with Crippen LogP contribution in [0.3, 0.4) is 0 Å². The van der Waals surface area contributed by atoms with Crippen LogP contribution in [0.1, 0.15) is 34.2 Å². The molecule has 2 N–H and O–H groups in total. The van der Waals surface area contributed by atoms with Gasteiger partial charge < -0.3 is 19.5 Å². The number of likely N-dealkylation sites (tertiary alicyclic amines) is 1. The molecule has 6 heteroatoms. The summed E-state index contributed by atoms with van der Waals surface area (Å²) in [6, 6.07) is 5.36. The molecular weight excluding hydrogens is 272 g/mol. The number of hydrogen-bond acceptors (Lipinski definition) is 4. The van der Waals surface area contributed by atoms with E-state index in [0.717, 1.165) is 12.2 Å². The van der Waals surface area contributed by atoms with Crippen LogP contribution in [-0.2, 0) is 11.2 Å². The highest BCUT2D eigenvalue weighted by Gasteiger charge is 2.31. The summed E-state index contributed by atoms with van der Waals surface area (Å²) in [6.45, 7) is 1.26. The van der Waals surface area contributed by atoms with E-state index in [2.05, 4.69) is 0 Å². The summed E-state index contributed by atoms with van der Waals surface area (Å²) in [5, 5.41) is 0. The van der Waals surface area contributed by atoms with E-state index in [1.807, 2.05) is 12.1 Å². The molecule has 2 aromatic heterocycles. The Morgan fingerprint density at radius 2 is 2.14 bits per heavy atom. The number of carbonyl (C=O) groups is 2. The number of nitrogens with zero attached hydrogens (tertiary/aromatic N) is 1. The van der Waals surface area contributed by atoms with Gasteiger partial charge in [-0.2, -0.15) is 0 Å². The highest BCUT2D eigenvalue weighted by atomic mass is 16.3. The molecule has 110 valence electrons. The lowest BCUT2D eigenvalue weighted by Crippen LogP contribution is -2.29. The lowest BCUT2D eigenvalue weighted by molar-refractivity contribution is -0.117. The van der Waals surface area contributed by atoms with Crippen LogP contribution in [0.5, 0.6) is 0 Å². The average Bonchev–Trinajstić information content (AvgIpc) is 3.18. The van der Waals surface area contributed by atoms with Crippen molar-refractivity contribution in [1.29, 1.82) is 0 Å². The van der Waals surface area contributed by atoms with E-state index in [1.165, 1.54) is 6.26 Å². The number of primary amides is 1. The molecule has 3 heterocycles. The Bertz CT molecular complexity index is 644. The van der Waals surface area contributed by atoms with Gasteiger partial charge >= 0.3 is 0 Å². The van der Waals surface area contributed by atoms with E-state index in [-0.39, 0.29) is 18.2 Å². The Balaban J connectivity index is 1.72. The molecule has 0 aliphatic carbocycles. The molecule has 1 aliphatic heterocycles. The third-order valence-corrected chi connectivity index (χ3v) is 3.73.